The van der Waals surface area contributed by atoms with E-state index in [-0.39, 0.29) is 11.8 Å². The summed E-state index contributed by atoms with van der Waals surface area (Å²) >= 11 is 0. The summed E-state index contributed by atoms with van der Waals surface area (Å²) in [6.45, 7) is 8.89. The number of carbonyl (C=O) groups excluding carboxylic acids is 2. The first-order valence-corrected chi connectivity index (χ1v) is 7.30. The van der Waals surface area contributed by atoms with Gasteiger partial charge in [0.05, 0.1) is 6.54 Å². The maximum atomic E-state index is 12.1. The molecule has 114 valence electrons. The highest BCUT2D eigenvalue weighted by Gasteiger charge is 2.20. The first kappa shape index (κ1) is 15.5. The first-order chi connectivity index (χ1) is 9.95. The van der Waals surface area contributed by atoms with Gasteiger partial charge in [-0.1, -0.05) is 17.7 Å². The number of nitrogens with one attached hydrogen (secondary N) is 1. The average Bonchev–Trinajstić information content (AvgIpc) is 2.42. The first-order valence-electron chi connectivity index (χ1n) is 7.30. The Hall–Kier alpha value is -1.88. The summed E-state index contributed by atoms with van der Waals surface area (Å²) in [5.74, 6) is 0.104. The van der Waals surface area contributed by atoms with Crippen LogP contribution in [0.5, 0.6) is 0 Å². The van der Waals surface area contributed by atoms with Crippen LogP contribution in [0.4, 0.5) is 5.69 Å². The largest absolute Gasteiger partial charge is 0.340 e. The highest BCUT2D eigenvalue weighted by atomic mass is 16.2. The number of piperazine rings is 1. The van der Waals surface area contributed by atoms with Gasteiger partial charge >= 0.3 is 0 Å². The number of benzene rings is 1. The zero-order valence-electron chi connectivity index (χ0n) is 13.0. The van der Waals surface area contributed by atoms with Crippen LogP contribution in [-0.2, 0) is 9.59 Å². The highest BCUT2D eigenvalue weighted by molar-refractivity contribution is 5.93. The second kappa shape index (κ2) is 6.72. The molecule has 0 radical (unpaired) electrons. The van der Waals surface area contributed by atoms with Crippen LogP contribution in [0, 0.1) is 13.8 Å². The lowest BCUT2D eigenvalue weighted by Crippen LogP contribution is -2.49. The molecule has 0 saturated carbocycles. The minimum absolute atomic E-state index is 0.00164. The number of anilines is 1. The number of hydrogen-bond acceptors (Lipinski definition) is 3. The summed E-state index contributed by atoms with van der Waals surface area (Å²) in [5, 5.41) is 2.96. The van der Waals surface area contributed by atoms with E-state index in [0.29, 0.717) is 19.6 Å². The quantitative estimate of drug-likeness (QED) is 0.915. The standard InChI is InChI=1S/C16H23N3O2/c1-12-4-5-15(13(2)10-12)17-16(21)11-18-6-8-19(9-7-18)14(3)20/h4-5,10H,6-9,11H2,1-3H3,(H,17,21). The Morgan fingerprint density at radius 1 is 1.14 bits per heavy atom. The molecule has 0 aromatic heterocycles. The maximum Gasteiger partial charge on any atom is 0.238 e. The Balaban J connectivity index is 1.84. The predicted molar refractivity (Wildman–Crippen MR) is 83.2 cm³/mol. The zero-order valence-corrected chi connectivity index (χ0v) is 13.0. The van der Waals surface area contributed by atoms with Gasteiger partial charge in [0.2, 0.25) is 11.8 Å². The van der Waals surface area contributed by atoms with Crippen molar-refractivity contribution in [3.8, 4) is 0 Å². The maximum absolute atomic E-state index is 12.1. The smallest absolute Gasteiger partial charge is 0.238 e. The van der Waals surface area contributed by atoms with Gasteiger partial charge in [-0.15, -0.1) is 0 Å². The fourth-order valence-corrected chi connectivity index (χ4v) is 2.57. The molecule has 0 atom stereocenters. The minimum atomic E-state index is -0.00164. The summed E-state index contributed by atoms with van der Waals surface area (Å²) in [6, 6.07) is 5.99. The van der Waals surface area contributed by atoms with Crippen molar-refractivity contribution in [1.82, 2.24) is 9.80 Å². The molecule has 2 amide bonds. The average molecular weight is 289 g/mol. The minimum Gasteiger partial charge on any atom is -0.340 e. The predicted octanol–water partition coefficient (Wildman–Crippen LogP) is 1.41. The Labute approximate surface area is 125 Å². The molecule has 1 heterocycles. The molecule has 21 heavy (non-hydrogen) atoms. The van der Waals surface area contributed by atoms with Crippen molar-refractivity contribution in [3.05, 3.63) is 29.3 Å². The molecule has 1 N–H and O–H groups in total. The van der Waals surface area contributed by atoms with Gasteiger partial charge < -0.3 is 10.2 Å². The molecule has 1 aliphatic rings. The third kappa shape index (κ3) is 4.29. The topological polar surface area (TPSA) is 52.7 Å². The highest BCUT2D eigenvalue weighted by Crippen LogP contribution is 2.16. The molecule has 1 saturated heterocycles. The summed E-state index contributed by atoms with van der Waals surface area (Å²) in [6.07, 6.45) is 0. The zero-order chi connectivity index (χ0) is 15.4. The molecule has 0 unspecified atom stereocenters. The Kier molecular flexibility index (Phi) is 4.96. The van der Waals surface area contributed by atoms with Crippen molar-refractivity contribution in [2.24, 2.45) is 0 Å². The van der Waals surface area contributed by atoms with Gasteiger partial charge in [-0.2, -0.15) is 0 Å². The number of aryl methyl sites for hydroxylation is 2. The Bertz CT molecular complexity index is 534. The van der Waals surface area contributed by atoms with E-state index in [1.165, 1.54) is 5.56 Å². The van der Waals surface area contributed by atoms with Crippen LogP contribution in [-0.4, -0.2) is 54.3 Å². The molecule has 1 fully saturated rings. The molecular formula is C16H23N3O2. The van der Waals surface area contributed by atoms with Gasteiger partial charge in [-0.3, -0.25) is 14.5 Å². The molecule has 2 rings (SSSR count). The van der Waals surface area contributed by atoms with Gasteiger partial charge in [-0.05, 0) is 25.5 Å². The fourth-order valence-electron chi connectivity index (χ4n) is 2.57. The van der Waals surface area contributed by atoms with E-state index >= 15 is 0 Å². The lowest BCUT2D eigenvalue weighted by Gasteiger charge is -2.33. The number of rotatable bonds is 3. The molecule has 1 aromatic carbocycles. The van der Waals surface area contributed by atoms with E-state index in [1.807, 2.05) is 30.9 Å². The number of carbonyl (C=O) groups is 2. The third-order valence-corrected chi connectivity index (χ3v) is 3.84. The monoisotopic (exact) mass is 289 g/mol. The van der Waals surface area contributed by atoms with E-state index in [0.717, 1.165) is 24.3 Å². The van der Waals surface area contributed by atoms with Crippen LogP contribution >= 0.6 is 0 Å². The van der Waals surface area contributed by atoms with E-state index in [2.05, 4.69) is 16.3 Å². The summed E-state index contributed by atoms with van der Waals surface area (Å²) in [7, 11) is 0. The summed E-state index contributed by atoms with van der Waals surface area (Å²) in [5.41, 5.74) is 3.13. The van der Waals surface area contributed by atoms with Crippen LogP contribution in [0.1, 0.15) is 18.1 Å². The van der Waals surface area contributed by atoms with Gasteiger partial charge in [0.15, 0.2) is 0 Å². The van der Waals surface area contributed by atoms with E-state index in [9.17, 15) is 9.59 Å². The van der Waals surface area contributed by atoms with E-state index < -0.39 is 0 Å². The molecule has 5 heteroatoms. The molecule has 1 aliphatic heterocycles. The van der Waals surface area contributed by atoms with E-state index in [1.54, 1.807) is 6.92 Å². The third-order valence-electron chi connectivity index (χ3n) is 3.84. The molecule has 0 spiro atoms. The van der Waals surface area contributed by atoms with Crippen molar-refractivity contribution in [2.45, 2.75) is 20.8 Å². The second-order valence-corrected chi connectivity index (χ2v) is 5.65. The SMILES string of the molecule is CC(=O)N1CCN(CC(=O)Nc2ccc(C)cc2C)CC1. The molecule has 0 bridgehead atoms. The van der Waals surface area contributed by atoms with Crippen molar-refractivity contribution in [3.63, 3.8) is 0 Å². The number of nitrogens with zero attached hydrogens (tertiary/aromatic N) is 2. The fraction of sp³-hybridized carbons (Fsp3) is 0.500. The molecule has 0 aliphatic carbocycles. The van der Waals surface area contributed by atoms with Crippen LogP contribution in [0.3, 0.4) is 0 Å². The van der Waals surface area contributed by atoms with Crippen LogP contribution in [0.2, 0.25) is 0 Å². The lowest BCUT2D eigenvalue weighted by atomic mass is 10.1. The van der Waals surface area contributed by atoms with Crippen molar-refractivity contribution in [1.29, 1.82) is 0 Å². The van der Waals surface area contributed by atoms with Gasteiger partial charge in [-0.25, -0.2) is 0 Å². The van der Waals surface area contributed by atoms with Crippen LogP contribution < -0.4 is 5.32 Å². The van der Waals surface area contributed by atoms with Crippen LogP contribution in [0.25, 0.3) is 0 Å². The number of hydrogen-bond donors (Lipinski definition) is 1. The second-order valence-electron chi connectivity index (χ2n) is 5.65. The summed E-state index contributed by atoms with van der Waals surface area (Å²) < 4.78 is 0. The van der Waals surface area contributed by atoms with E-state index in [4.69, 9.17) is 0 Å². The van der Waals surface area contributed by atoms with Crippen molar-refractivity contribution in [2.75, 3.05) is 38.0 Å². The number of amides is 2. The normalized spacial score (nSPS) is 15.9. The Morgan fingerprint density at radius 3 is 2.38 bits per heavy atom. The van der Waals surface area contributed by atoms with Gasteiger partial charge in [0, 0.05) is 38.8 Å². The summed E-state index contributed by atoms with van der Waals surface area (Å²) in [4.78, 5) is 27.3. The van der Waals surface area contributed by atoms with Crippen molar-refractivity contribution >= 4 is 17.5 Å². The van der Waals surface area contributed by atoms with Gasteiger partial charge in [0.25, 0.3) is 0 Å². The Morgan fingerprint density at radius 2 is 1.81 bits per heavy atom. The van der Waals surface area contributed by atoms with Crippen molar-refractivity contribution < 1.29 is 9.59 Å². The lowest BCUT2D eigenvalue weighted by molar-refractivity contribution is -0.130. The van der Waals surface area contributed by atoms with Crippen LogP contribution in [0.15, 0.2) is 18.2 Å². The molecular weight excluding hydrogens is 266 g/mol. The molecule has 1 aromatic rings. The van der Waals surface area contributed by atoms with Gasteiger partial charge in [0.1, 0.15) is 0 Å². The molecule has 5 nitrogen and oxygen atoms in total.